The molecule has 1 amide bonds. The Kier molecular flexibility index (Phi) is 5.01. The van der Waals surface area contributed by atoms with Crippen LogP contribution in [0.15, 0.2) is 24.3 Å². The van der Waals surface area contributed by atoms with Crippen LogP contribution in [0.3, 0.4) is 0 Å². The zero-order valence-electron chi connectivity index (χ0n) is 10.7. The van der Waals surface area contributed by atoms with E-state index in [1.165, 1.54) is 5.56 Å². The number of hydrogen-bond acceptors (Lipinski definition) is 1. The summed E-state index contributed by atoms with van der Waals surface area (Å²) in [5, 5.41) is 2.90. The van der Waals surface area contributed by atoms with Crippen LogP contribution >= 0.6 is 11.6 Å². The number of alkyl halides is 1. The number of benzene rings is 1. The molecule has 0 fully saturated rings. The molecule has 0 saturated heterocycles. The predicted octanol–water partition coefficient (Wildman–Crippen LogP) is 3.13. The first-order chi connectivity index (χ1) is 7.99. The Morgan fingerprint density at radius 1 is 1.24 bits per heavy atom. The van der Waals surface area contributed by atoms with Gasteiger partial charge in [0.2, 0.25) is 5.91 Å². The number of carbonyl (C=O) groups is 1. The molecular formula is C14H20ClNO. The molecular weight excluding hydrogens is 234 g/mol. The van der Waals surface area contributed by atoms with E-state index in [1.807, 2.05) is 26.0 Å². The van der Waals surface area contributed by atoms with Crippen LogP contribution in [-0.4, -0.2) is 11.8 Å². The Morgan fingerprint density at radius 2 is 1.76 bits per heavy atom. The summed E-state index contributed by atoms with van der Waals surface area (Å²) < 4.78 is 0. The van der Waals surface area contributed by atoms with Gasteiger partial charge in [-0.3, -0.25) is 4.79 Å². The van der Waals surface area contributed by atoms with Crippen molar-refractivity contribution in [2.45, 2.75) is 33.7 Å². The molecule has 0 aliphatic carbocycles. The molecule has 0 aromatic heterocycles. The van der Waals surface area contributed by atoms with Gasteiger partial charge in [-0.15, -0.1) is 11.6 Å². The first-order valence-corrected chi connectivity index (χ1v) is 6.45. The number of carbonyl (C=O) groups excluding carboxylic acids is 1. The number of aryl methyl sites for hydroxylation is 1. The molecule has 0 heterocycles. The van der Waals surface area contributed by atoms with Crippen LogP contribution in [0.5, 0.6) is 0 Å². The van der Waals surface area contributed by atoms with E-state index in [2.05, 4.69) is 24.4 Å². The van der Waals surface area contributed by atoms with Gasteiger partial charge >= 0.3 is 0 Å². The number of nitrogens with one attached hydrogen (secondary N) is 1. The quantitative estimate of drug-likeness (QED) is 0.803. The van der Waals surface area contributed by atoms with Crippen LogP contribution in [0.2, 0.25) is 0 Å². The van der Waals surface area contributed by atoms with Gasteiger partial charge in [0.1, 0.15) is 0 Å². The van der Waals surface area contributed by atoms with Crippen LogP contribution < -0.4 is 5.32 Å². The van der Waals surface area contributed by atoms with Crippen molar-refractivity contribution in [2.75, 3.05) is 5.88 Å². The first kappa shape index (κ1) is 14.0. The second-order valence-corrected chi connectivity index (χ2v) is 5.14. The molecule has 0 atom stereocenters. The van der Waals surface area contributed by atoms with E-state index >= 15 is 0 Å². The molecule has 0 spiro atoms. The van der Waals surface area contributed by atoms with Crippen molar-refractivity contribution in [3.8, 4) is 0 Å². The van der Waals surface area contributed by atoms with Gasteiger partial charge in [0.15, 0.2) is 0 Å². The molecule has 17 heavy (non-hydrogen) atoms. The Bertz CT molecular complexity index is 370. The van der Waals surface area contributed by atoms with Crippen LogP contribution in [-0.2, 0) is 17.8 Å². The summed E-state index contributed by atoms with van der Waals surface area (Å²) in [7, 11) is 0. The molecule has 94 valence electrons. The van der Waals surface area contributed by atoms with E-state index in [4.69, 9.17) is 11.6 Å². The zero-order chi connectivity index (χ0) is 12.9. The Labute approximate surface area is 108 Å². The minimum atomic E-state index is -0.509. The second-order valence-electron chi connectivity index (χ2n) is 4.87. The molecule has 1 aromatic rings. The van der Waals surface area contributed by atoms with Crippen molar-refractivity contribution in [1.82, 2.24) is 5.32 Å². The van der Waals surface area contributed by atoms with E-state index in [0.29, 0.717) is 12.4 Å². The van der Waals surface area contributed by atoms with Gasteiger partial charge in [0.05, 0.1) is 5.41 Å². The zero-order valence-corrected chi connectivity index (χ0v) is 11.5. The van der Waals surface area contributed by atoms with E-state index in [1.54, 1.807) is 0 Å². The first-order valence-electron chi connectivity index (χ1n) is 5.91. The largest absolute Gasteiger partial charge is 0.352 e. The third-order valence-corrected chi connectivity index (χ3v) is 3.50. The van der Waals surface area contributed by atoms with Gasteiger partial charge in [-0.25, -0.2) is 0 Å². The van der Waals surface area contributed by atoms with Crippen molar-refractivity contribution < 1.29 is 4.79 Å². The van der Waals surface area contributed by atoms with Crippen LogP contribution in [0, 0.1) is 5.41 Å². The summed E-state index contributed by atoms with van der Waals surface area (Å²) in [6.45, 7) is 6.37. The number of amides is 1. The molecule has 0 unspecified atom stereocenters. The summed E-state index contributed by atoms with van der Waals surface area (Å²) in [5.41, 5.74) is 1.91. The molecule has 0 bridgehead atoms. The van der Waals surface area contributed by atoms with Crippen molar-refractivity contribution >= 4 is 17.5 Å². The minimum absolute atomic E-state index is 0.00734. The van der Waals surface area contributed by atoms with Crippen LogP contribution in [0.1, 0.15) is 31.9 Å². The summed E-state index contributed by atoms with van der Waals surface area (Å²) in [4.78, 5) is 11.8. The minimum Gasteiger partial charge on any atom is -0.352 e. The Balaban J connectivity index is 2.53. The standard InChI is InChI=1S/C14H20ClNO/c1-4-11-5-7-12(8-6-11)9-16-13(17)14(2,3)10-15/h5-8H,4,9-10H2,1-3H3,(H,16,17). The van der Waals surface area contributed by atoms with Crippen LogP contribution in [0.4, 0.5) is 0 Å². The molecule has 2 nitrogen and oxygen atoms in total. The molecule has 0 saturated carbocycles. The highest BCUT2D eigenvalue weighted by Gasteiger charge is 2.25. The summed E-state index contributed by atoms with van der Waals surface area (Å²) in [5.74, 6) is 0.320. The second kappa shape index (κ2) is 6.06. The topological polar surface area (TPSA) is 29.1 Å². The molecule has 1 rings (SSSR count). The van der Waals surface area contributed by atoms with E-state index < -0.39 is 5.41 Å². The van der Waals surface area contributed by atoms with Crippen LogP contribution in [0.25, 0.3) is 0 Å². The maximum atomic E-state index is 11.8. The molecule has 1 N–H and O–H groups in total. The third kappa shape index (κ3) is 4.04. The van der Waals surface area contributed by atoms with Crippen molar-refractivity contribution in [1.29, 1.82) is 0 Å². The smallest absolute Gasteiger partial charge is 0.227 e. The van der Waals surface area contributed by atoms with Gasteiger partial charge in [-0.2, -0.15) is 0 Å². The predicted molar refractivity (Wildman–Crippen MR) is 72.2 cm³/mol. The molecule has 0 radical (unpaired) electrons. The highest BCUT2D eigenvalue weighted by molar-refractivity contribution is 6.19. The lowest BCUT2D eigenvalue weighted by Gasteiger charge is -2.20. The van der Waals surface area contributed by atoms with E-state index in [9.17, 15) is 4.79 Å². The molecule has 0 aliphatic heterocycles. The summed E-state index contributed by atoms with van der Waals surface area (Å²) >= 11 is 5.75. The van der Waals surface area contributed by atoms with Gasteiger partial charge < -0.3 is 5.32 Å². The lowest BCUT2D eigenvalue weighted by molar-refractivity contribution is -0.128. The fraction of sp³-hybridized carbons (Fsp3) is 0.500. The van der Waals surface area contributed by atoms with Gasteiger partial charge in [-0.05, 0) is 31.4 Å². The Morgan fingerprint density at radius 3 is 2.24 bits per heavy atom. The average molecular weight is 254 g/mol. The Hall–Kier alpha value is -1.02. The van der Waals surface area contributed by atoms with E-state index in [0.717, 1.165) is 12.0 Å². The highest BCUT2D eigenvalue weighted by atomic mass is 35.5. The molecule has 0 aliphatic rings. The van der Waals surface area contributed by atoms with Gasteiger partial charge in [0.25, 0.3) is 0 Å². The molecule has 3 heteroatoms. The molecule has 1 aromatic carbocycles. The maximum Gasteiger partial charge on any atom is 0.227 e. The number of halogens is 1. The lowest BCUT2D eigenvalue weighted by Crippen LogP contribution is -2.37. The normalized spacial score (nSPS) is 11.3. The SMILES string of the molecule is CCc1ccc(CNC(=O)C(C)(C)CCl)cc1. The lowest BCUT2D eigenvalue weighted by atomic mass is 9.95. The van der Waals surface area contributed by atoms with Crippen molar-refractivity contribution in [3.63, 3.8) is 0 Å². The fourth-order valence-corrected chi connectivity index (χ4v) is 1.50. The maximum absolute atomic E-state index is 11.8. The van der Waals surface area contributed by atoms with Crippen molar-refractivity contribution in [3.05, 3.63) is 35.4 Å². The number of hydrogen-bond donors (Lipinski definition) is 1. The number of rotatable bonds is 5. The fourth-order valence-electron chi connectivity index (χ4n) is 1.38. The summed E-state index contributed by atoms with van der Waals surface area (Å²) in [6.07, 6.45) is 1.03. The van der Waals surface area contributed by atoms with Crippen molar-refractivity contribution in [2.24, 2.45) is 5.41 Å². The van der Waals surface area contributed by atoms with E-state index in [-0.39, 0.29) is 5.91 Å². The highest BCUT2D eigenvalue weighted by Crippen LogP contribution is 2.17. The average Bonchev–Trinajstić information content (AvgIpc) is 2.36. The third-order valence-electron chi connectivity index (χ3n) is 2.83. The van der Waals surface area contributed by atoms with Gasteiger partial charge in [0, 0.05) is 12.4 Å². The monoisotopic (exact) mass is 253 g/mol. The summed E-state index contributed by atoms with van der Waals surface area (Å²) in [6, 6.07) is 8.28. The van der Waals surface area contributed by atoms with Gasteiger partial charge in [-0.1, -0.05) is 31.2 Å².